The number of hydrogen-bond acceptors (Lipinski definition) is 7. The molecule has 4 N–H and O–H groups in total. The van der Waals surface area contributed by atoms with Crippen LogP contribution in [0.5, 0.6) is 0 Å². The number of carbonyl (C=O) groups excluding carboxylic acids is 3. The number of carboxylic acid groups (broad SMARTS) is 1. The van der Waals surface area contributed by atoms with Gasteiger partial charge in [0.05, 0.1) is 45.6 Å². The van der Waals surface area contributed by atoms with Crippen LogP contribution < -0.4 is 11.3 Å². The fourth-order valence-corrected chi connectivity index (χ4v) is 10.8. The summed E-state index contributed by atoms with van der Waals surface area (Å²) in [5.41, 5.74) is 7.55. The Morgan fingerprint density at radius 1 is 0.568 bits per heavy atom. The molecule has 2 saturated heterocycles. The highest BCUT2D eigenvalue weighted by molar-refractivity contribution is 6.33. The first kappa shape index (κ1) is 58.6. The van der Waals surface area contributed by atoms with Crippen molar-refractivity contribution in [2.45, 2.75) is 50.4 Å². The second-order valence-electron chi connectivity index (χ2n) is 18.8. The molecule has 2 aromatic heterocycles. The molecule has 81 heavy (non-hydrogen) atoms. The van der Waals surface area contributed by atoms with Crippen LogP contribution in [0.3, 0.4) is 0 Å². The van der Waals surface area contributed by atoms with Gasteiger partial charge in [-0.2, -0.15) is 33.2 Å². The van der Waals surface area contributed by atoms with E-state index < -0.39 is 18.3 Å². The maximum absolute atomic E-state index is 14.4. The molecule has 0 aliphatic carbocycles. The lowest BCUT2D eigenvalue weighted by molar-refractivity contribution is -0.136. The highest BCUT2D eigenvalue weighted by atomic mass is 35.5. The number of aliphatic carboxylic acids is 1. The molecule has 2 fully saturated rings. The van der Waals surface area contributed by atoms with E-state index in [1.807, 2.05) is 12.1 Å². The van der Waals surface area contributed by atoms with E-state index in [9.17, 15) is 33.1 Å². The van der Waals surface area contributed by atoms with Gasteiger partial charge in [0.25, 0.3) is 17.7 Å². The minimum atomic E-state index is -1.09. The molecule has 412 valence electrons. The molecule has 10 rings (SSSR count). The van der Waals surface area contributed by atoms with Gasteiger partial charge in [-0.25, -0.2) is 18.1 Å². The number of nitrogens with two attached hydrogens (primary N) is 1. The number of halogens is 6. The van der Waals surface area contributed by atoms with Gasteiger partial charge in [0.1, 0.15) is 11.6 Å². The monoisotopic (exact) mass is 1170 g/mol. The van der Waals surface area contributed by atoms with Crippen molar-refractivity contribution in [3.05, 3.63) is 234 Å². The second-order valence-corrected chi connectivity index (χ2v) is 20.5. The summed E-state index contributed by atoms with van der Waals surface area (Å²) in [6.07, 6.45) is 1.71. The molecule has 6 aromatic carbocycles. The summed E-state index contributed by atoms with van der Waals surface area (Å²) < 4.78 is 31.8. The third kappa shape index (κ3) is 13.7. The first-order chi connectivity index (χ1) is 39.1. The zero-order chi connectivity index (χ0) is 57.7. The Morgan fingerprint density at radius 3 is 1.28 bits per heavy atom. The lowest BCUT2D eigenvalue weighted by Gasteiger charge is -2.32. The zero-order valence-corrected chi connectivity index (χ0v) is 46.1. The number of rotatable bonds is 12. The molecule has 21 heteroatoms. The Morgan fingerprint density at radius 2 is 0.926 bits per heavy atom. The molecule has 0 atom stereocenters. The van der Waals surface area contributed by atoms with Crippen molar-refractivity contribution >= 4 is 70.1 Å². The maximum Gasteiger partial charge on any atom is 0.307 e. The molecule has 4 heterocycles. The summed E-state index contributed by atoms with van der Waals surface area (Å²) in [6.45, 7) is 14.3. The summed E-state index contributed by atoms with van der Waals surface area (Å²) in [5.74, 6) is 1.28. The van der Waals surface area contributed by atoms with Crippen molar-refractivity contribution in [1.29, 1.82) is 0 Å². The molecule has 0 unspecified atom stereocenters. The minimum Gasteiger partial charge on any atom is -0.481 e. The number of nitrogens with zero attached hydrogens (tertiary/aromatic N) is 8. The van der Waals surface area contributed by atoms with Crippen LogP contribution in [-0.4, -0.2) is 84.3 Å². The van der Waals surface area contributed by atoms with Crippen molar-refractivity contribution in [2.75, 3.05) is 26.2 Å². The quantitative estimate of drug-likeness (QED) is 0.0615. The highest BCUT2D eigenvalue weighted by Crippen LogP contribution is 2.38. The van der Waals surface area contributed by atoms with E-state index in [0.29, 0.717) is 128 Å². The first-order valence-electron chi connectivity index (χ1n) is 25.4. The topological polar surface area (TPSA) is 177 Å². The van der Waals surface area contributed by atoms with Crippen LogP contribution in [-0.2, 0) is 22.4 Å². The first-order valence-corrected chi connectivity index (χ1v) is 26.9. The van der Waals surface area contributed by atoms with E-state index in [4.69, 9.17) is 64.6 Å². The summed E-state index contributed by atoms with van der Waals surface area (Å²) in [4.78, 5) is 61.0. The average molecular weight is 1170 g/mol. The summed E-state index contributed by atoms with van der Waals surface area (Å²) in [5, 5.41) is 21.0. The Kier molecular flexibility index (Phi) is 19.6. The van der Waals surface area contributed by atoms with Gasteiger partial charge in [-0.15, -0.1) is 5.84 Å². The molecule has 3 amide bonds. The van der Waals surface area contributed by atoms with Crippen LogP contribution >= 0.6 is 46.4 Å². The van der Waals surface area contributed by atoms with Crippen LogP contribution in [0.15, 0.2) is 146 Å². The summed E-state index contributed by atoms with van der Waals surface area (Å²) in [6, 6.07) is 41.4. The summed E-state index contributed by atoms with van der Waals surface area (Å²) >= 11 is 25.3. The third-order valence-corrected chi connectivity index (χ3v) is 15.0. The number of carboxylic acids is 1. The second kappa shape index (κ2) is 27.1. The number of para-hydroxylation sites is 2. The molecule has 0 saturated carbocycles. The Bertz CT molecular complexity index is 3680. The van der Waals surface area contributed by atoms with Crippen molar-refractivity contribution in [1.82, 2.24) is 34.8 Å². The van der Waals surface area contributed by atoms with Crippen LogP contribution in [0.4, 0.5) is 8.78 Å². The van der Waals surface area contributed by atoms with Gasteiger partial charge >= 0.3 is 5.97 Å². The number of aromatic nitrogens is 4. The highest BCUT2D eigenvalue weighted by Gasteiger charge is 2.35. The van der Waals surface area contributed by atoms with Crippen molar-refractivity contribution in [3.63, 3.8) is 0 Å². The zero-order valence-electron chi connectivity index (χ0n) is 43.1. The molecule has 15 nitrogen and oxygen atoms in total. The number of nitrogens with one attached hydrogen (secondary N) is 1. The Labute approximate surface area is 485 Å². The minimum absolute atomic E-state index is 0.000486. The van der Waals surface area contributed by atoms with Gasteiger partial charge in [0.15, 0.2) is 11.4 Å². The number of hydrogen-bond donors (Lipinski definition) is 3. The fraction of sp³-hybridized carbons (Fsp3) is 0.200. The van der Waals surface area contributed by atoms with Crippen molar-refractivity contribution in [3.8, 4) is 33.9 Å². The molecular formula is C60H50Cl4F2N10O5. The standard InChI is InChI=1S/C30H24Cl2FN5O2.C29H24Cl2FN3O3.CH2N2/c1-34-35-27(39)18-23-28(30(40)37-16-14-19(15-17-37)22-6-2-4-8-25(22)33)36-38(26-9-5-3-7-24(26)32)29(23)20-10-12-21(31)13-11-20;30-20-11-9-19(10-12-20)28-22(17-26(36)37)27(33-35(28)25-8-4-2-6-23(25)31)29(38)34-15-13-18(14-16-34)21-5-1-3-7-24(21)32;1-3-2/h2-13,19H,14-18H2,(H,35,39);1-12,18H,13-17H2,(H,36,37);2H2. The van der Waals surface area contributed by atoms with Crippen molar-refractivity contribution < 1.29 is 33.1 Å². The van der Waals surface area contributed by atoms with Crippen LogP contribution in [0.25, 0.3) is 43.8 Å². The number of likely N-dealkylation sites (tertiary alicyclic amines) is 2. The molecule has 0 radical (unpaired) electrons. The SMILES string of the molecule is O=C(O)Cc1c(C(=O)N2CCC(c3ccccc3F)CC2)nn(-c2ccccc2Cl)c1-c1ccc(Cl)cc1.[C-]#[N+]N.[C-]#[N+]NC(=O)Cc1c(C(=O)N2CCC(c3ccccc3F)CC2)nn(-c2ccccc2Cl)c1-c1ccc(Cl)cc1. The Balaban J connectivity index is 0.000000203. The van der Waals surface area contributed by atoms with Crippen LogP contribution in [0.1, 0.15) is 80.7 Å². The molecule has 2 aliphatic rings. The molecule has 0 spiro atoms. The van der Waals surface area contributed by atoms with Gasteiger partial charge < -0.3 is 14.9 Å². The fourth-order valence-electron chi connectivity index (χ4n) is 10.1. The predicted molar refractivity (Wildman–Crippen MR) is 307 cm³/mol. The predicted octanol–water partition coefficient (Wildman–Crippen LogP) is 12.9. The van der Waals surface area contributed by atoms with E-state index in [1.54, 1.807) is 136 Å². The van der Waals surface area contributed by atoms with Gasteiger partial charge in [-0.1, -0.05) is 137 Å². The lowest BCUT2D eigenvalue weighted by Crippen LogP contribution is -2.38. The van der Waals surface area contributed by atoms with Crippen molar-refractivity contribution in [2.24, 2.45) is 5.84 Å². The number of carbonyl (C=O) groups is 4. The van der Waals surface area contributed by atoms with E-state index in [-0.39, 0.29) is 53.1 Å². The number of piperidine rings is 2. The van der Waals surface area contributed by atoms with Crippen LogP contribution in [0.2, 0.25) is 20.1 Å². The molecule has 0 bridgehead atoms. The van der Waals surface area contributed by atoms with E-state index >= 15 is 0 Å². The molecule has 2 aliphatic heterocycles. The number of amides is 3. The van der Waals surface area contributed by atoms with Gasteiger partial charge in [0.2, 0.25) is 0 Å². The largest absolute Gasteiger partial charge is 0.481 e. The van der Waals surface area contributed by atoms with Gasteiger partial charge in [0, 0.05) is 58.5 Å². The summed E-state index contributed by atoms with van der Waals surface area (Å²) in [7, 11) is 0. The normalized spacial score (nSPS) is 13.4. The van der Waals surface area contributed by atoms with Gasteiger partial charge in [-0.3, -0.25) is 19.2 Å². The Hall–Kier alpha value is -8.58. The van der Waals surface area contributed by atoms with E-state index in [1.165, 1.54) is 16.8 Å². The number of benzene rings is 6. The smallest absolute Gasteiger partial charge is 0.307 e. The van der Waals surface area contributed by atoms with E-state index in [0.717, 1.165) is 0 Å². The third-order valence-electron chi connectivity index (χ3n) is 13.9. The molecular weight excluding hydrogens is 1120 g/mol. The lowest BCUT2D eigenvalue weighted by atomic mass is 9.89. The van der Waals surface area contributed by atoms with Gasteiger partial charge in [-0.05, 0) is 109 Å². The maximum atomic E-state index is 14.4. The average Bonchev–Trinajstić information content (AvgIpc) is 4.25. The molecule has 8 aromatic rings. The van der Waals surface area contributed by atoms with E-state index in [2.05, 4.69) is 26.3 Å². The van der Waals surface area contributed by atoms with Crippen LogP contribution in [0, 0.1) is 24.8 Å².